The van der Waals surface area contributed by atoms with Crippen LogP contribution >= 0.6 is 0 Å². The van der Waals surface area contributed by atoms with E-state index in [4.69, 9.17) is 14.2 Å². The summed E-state index contributed by atoms with van der Waals surface area (Å²) in [4.78, 5) is 10.9. The summed E-state index contributed by atoms with van der Waals surface area (Å²) in [7, 11) is 3.16. The number of hydrogen-bond acceptors (Lipinski definition) is 4. The maximum absolute atomic E-state index is 10.9. The van der Waals surface area contributed by atoms with Crippen molar-refractivity contribution in [2.24, 2.45) is 0 Å². The zero-order valence-electron chi connectivity index (χ0n) is 8.54. The summed E-state index contributed by atoms with van der Waals surface area (Å²) < 4.78 is 14.7. The molecular formula is C9H18O4. The molecule has 0 rings (SSSR count). The second-order valence-electron chi connectivity index (χ2n) is 2.60. The summed E-state index contributed by atoms with van der Waals surface area (Å²) in [6, 6.07) is 0. The highest BCUT2D eigenvalue weighted by Gasteiger charge is 2.07. The number of carbonyl (C=O) groups excluding carboxylic acids is 1. The van der Waals surface area contributed by atoms with Crippen LogP contribution in [0.4, 0.5) is 0 Å². The summed E-state index contributed by atoms with van der Waals surface area (Å²) >= 11 is 0. The van der Waals surface area contributed by atoms with Crippen LogP contribution < -0.4 is 0 Å². The molecule has 0 N–H and O–H groups in total. The number of rotatable bonds is 7. The fourth-order valence-corrected chi connectivity index (χ4v) is 0.978. The molecule has 0 saturated heterocycles. The summed E-state index contributed by atoms with van der Waals surface area (Å²) in [6.45, 7) is 2.24. The molecule has 0 saturated carbocycles. The molecule has 0 heterocycles. The normalized spacial score (nSPS) is 10.5. The summed E-state index contributed by atoms with van der Waals surface area (Å²) in [5.74, 6) is -0.159. The Bertz CT molecular complexity index is 132. The van der Waals surface area contributed by atoms with Gasteiger partial charge in [-0.15, -0.1) is 0 Å². The molecule has 0 amide bonds. The highest BCUT2D eigenvalue weighted by atomic mass is 16.7. The first-order chi connectivity index (χ1) is 6.24. The Morgan fingerprint density at radius 3 is 2.38 bits per heavy atom. The lowest BCUT2D eigenvalue weighted by Gasteiger charge is -2.12. The van der Waals surface area contributed by atoms with Crippen LogP contribution in [-0.2, 0) is 19.0 Å². The highest BCUT2D eigenvalue weighted by Crippen LogP contribution is 2.05. The van der Waals surface area contributed by atoms with Gasteiger partial charge in [-0.3, -0.25) is 4.79 Å². The Balaban J connectivity index is 3.37. The second kappa shape index (κ2) is 8.01. The molecule has 0 spiro atoms. The van der Waals surface area contributed by atoms with E-state index in [9.17, 15) is 4.79 Å². The van der Waals surface area contributed by atoms with E-state index in [0.717, 1.165) is 6.42 Å². The van der Waals surface area contributed by atoms with Gasteiger partial charge in [0.25, 0.3) is 0 Å². The molecule has 0 aliphatic heterocycles. The maximum atomic E-state index is 10.9. The van der Waals surface area contributed by atoms with E-state index in [1.165, 1.54) is 0 Å². The summed E-state index contributed by atoms with van der Waals surface area (Å²) in [5, 5.41) is 0. The Morgan fingerprint density at radius 2 is 1.92 bits per heavy atom. The predicted molar refractivity (Wildman–Crippen MR) is 48.3 cm³/mol. The van der Waals surface area contributed by atoms with E-state index in [0.29, 0.717) is 19.4 Å². The van der Waals surface area contributed by atoms with Crippen LogP contribution in [-0.4, -0.2) is 33.1 Å². The molecule has 0 atom stereocenters. The van der Waals surface area contributed by atoms with E-state index in [1.54, 1.807) is 21.1 Å². The van der Waals surface area contributed by atoms with E-state index >= 15 is 0 Å². The van der Waals surface area contributed by atoms with Gasteiger partial charge in [-0.1, -0.05) is 0 Å². The van der Waals surface area contributed by atoms with Crippen molar-refractivity contribution in [1.82, 2.24) is 0 Å². The van der Waals surface area contributed by atoms with Gasteiger partial charge in [-0.05, 0) is 19.8 Å². The van der Waals surface area contributed by atoms with Crippen molar-refractivity contribution < 1.29 is 19.0 Å². The van der Waals surface area contributed by atoms with Crippen molar-refractivity contribution in [3.8, 4) is 0 Å². The Hall–Kier alpha value is -0.610. The smallest absolute Gasteiger partial charge is 0.305 e. The first-order valence-corrected chi connectivity index (χ1v) is 4.45. The predicted octanol–water partition coefficient (Wildman–Crippen LogP) is 1.34. The number of ether oxygens (including phenoxy) is 3. The van der Waals surface area contributed by atoms with Crippen LogP contribution in [0.5, 0.6) is 0 Å². The zero-order chi connectivity index (χ0) is 10.1. The molecule has 78 valence electrons. The fourth-order valence-electron chi connectivity index (χ4n) is 0.978. The average molecular weight is 190 g/mol. The maximum Gasteiger partial charge on any atom is 0.305 e. The topological polar surface area (TPSA) is 44.8 Å². The van der Waals surface area contributed by atoms with Crippen molar-refractivity contribution in [3.05, 3.63) is 0 Å². The lowest BCUT2D eigenvalue weighted by atomic mass is 10.2. The SMILES string of the molecule is CCOC(=O)CCCC(OC)OC. The molecule has 0 radical (unpaired) electrons. The number of methoxy groups -OCH3 is 2. The molecule has 4 heteroatoms. The van der Waals surface area contributed by atoms with Crippen molar-refractivity contribution in [2.45, 2.75) is 32.5 Å². The average Bonchev–Trinajstić information content (AvgIpc) is 2.13. The molecule has 0 fully saturated rings. The minimum Gasteiger partial charge on any atom is -0.466 e. The third-order valence-corrected chi connectivity index (χ3v) is 1.65. The fraction of sp³-hybridized carbons (Fsp3) is 0.889. The van der Waals surface area contributed by atoms with Gasteiger partial charge in [-0.25, -0.2) is 0 Å². The van der Waals surface area contributed by atoms with Gasteiger partial charge in [0.05, 0.1) is 6.61 Å². The van der Waals surface area contributed by atoms with Crippen LogP contribution in [0.2, 0.25) is 0 Å². The minimum atomic E-state index is -0.213. The van der Waals surface area contributed by atoms with Crippen LogP contribution in [0.15, 0.2) is 0 Å². The van der Waals surface area contributed by atoms with Crippen LogP contribution in [0, 0.1) is 0 Å². The molecule has 4 nitrogen and oxygen atoms in total. The largest absolute Gasteiger partial charge is 0.466 e. The van der Waals surface area contributed by atoms with Crippen molar-refractivity contribution in [3.63, 3.8) is 0 Å². The van der Waals surface area contributed by atoms with Crippen molar-refractivity contribution in [1.29, 1.82) is 0 Å². The lowest BCUT2D eigenvalue weighted by Crippen LogP contribution is -2.13. The van der Waals surface area contributed by atoms with Gasteiger partial charge < -0.3 is 14.2 Å². The van der Waals surface area contributed by atoms with Crippen molar-refractivity contribution in [2.75, 3.05) is 20.8 Å². The van der Waals surface area contributed by atoms with Gasteiger partial charge in [0.1, 0.15) is 0 Å². The van der Waals surface area contributed by atoms with Crippen molar-refractivity contribution >= 4 is 5.97 Å². The molecule has 0 aromatic heterocycles. The molecule has 0 aromatic rings. The quantitative estimate of drug-likeness (QED) is 0.449. The van der Waals surface area contributed by atoms with Gasteiger partial charge in [-0.2, -0.15) is 0 Å². The number of carbonyl (C=O) groups is 1. The number of esters is 1. The molecular weight excluding hydrogens is 172 g/mol. The second-order valence-corrected chi connectivity index (χ2v) is 2.60. The summed E-state index contributed by atoms with van der Waals surface area (Å²) in [5.41, 5.74) is 0. The van der Waals surface area contributed by atoms with Crippen LogP contribution in [0.25, 0.3) is 0 Å². The lowest BCUT2D eigenvalue weighted by molar-refractivity contribution is -0.144. The minimum absolute atomic E-state index is 0.159. The third kappa shape index (κ3) is 6.54. The highest BCUT2D eigenvalue weighted by molar-refractivity contribution is 5.69. The Morgan fingerprint density at radius 1 is 1.31 bits per heavy atom. The van der Waals surface area contributed by atoms with Crippen LogP contribution in [0.1, 0.15) is 26.2 Å². The van der Waals surface area contributed by atoms with Crippen LogP contribution in [0.3, 0.4) is 0 Å². The van der Waals surface area contributed by atoms with E-state index in [-0.39, 0.29) is 12.3 Å². The van der Waals surface area contributed by atoms with Gasteiger partial charge in [0.2, 0.25) is 0 Å². The Kier molecular flexibility index (Phi) is 7.63. The standard InChI is InChI=1S/C9H18O4/c1-4-13-8(10)6-5-7-9(11-2)12-3/h9H,4-7H2,1-3H3. The van der Waals surface area contributed by atoms with Gasteiger partial charge in [0, 0.05) is 20.6 Å². The Labute approximate surface area is 79.2 Å². The molecule has 0 unspecified atom stereocenters. The van der Waals surface area contributed by atoms with E-state index in [1.807, 2.05) is 0 Å². The molecule has 0 bridgehead atoms. The molecule has 0 aliphatic carbocycles. The number of hydrogen-bond donors (Lipinski definition) is 0. The molecule has 0 aromatic carbocycles. The molecule has 13 heavy (non-hydrogen) atoms. The van der Waals surface area contributed by atoms with E-state index < -0.39 is 0 Å². The van der Waals surface area contributed by atoms with Gasteiger partial charge >= 0.3 is 5.97 Å². The van der Waals surface area contributed by atoms with E-state index in [2.05, 4.69) is 0 Å². The van der Waals surface area contributed by atoms with Gasteiger partial charge in [0.15, 0.2) is 6.29 Å². The monoisotopic (exact) mass is 190 g/mol. The zero-order valence-corrected chi connectivity index (χ0v) is 8.54. The summed E-state index contributed by atoms with van der Waals surface area (Å²) in [6.07, 6.45) is 1.66. The first kappa shape index (κ1) is 12.4. The third-order valence-electron chi connectivity index (χ3n) is 1.65. The first-order valence-electron chi connectivity index (χ1n) is 4.45. The molecule has 0 aliphatic rings.